The van der Waals surface area contributed by atoms with Gasteiger partial charge in [0, 0.05) is 6.42 Å². The van der Waals surface area contributed by atoms with Crippen molar-refractivity contribution < 1.29 is 14.6 Å². The number of amides is 1. The molecule has 0 radical (unpaired) electrons. The molecular formula is C15H17NO3. The van der Waals surface area contributed by atoms with Gasteiger partial charge in [-0.3, -0.25) is 0 Å². The zero-order chi connectivity index (χ0) is 14.0. The molecule has 0 saturated carbocycles. The van der Waals surface area contributed by atoms with Crippen LogP contribution in [0.3, 0.4) is 0 Å². The molecule has 0 aliphatic heterocycles. The summed E-state index contributed by atoms with van der Waals surface area (Å²) >= 11 is 0. The molecule has 4 nitrogen and oxygen atoms in total. The minimum absolute atomic E-state index is 0.216. The van der Waals surface area contributed by atoms with Crippen LogP contribution in [0, 0.1) is 0 Å². The smallest absolute Gasteiger partial charge is 0.405 e. The fourth-order valence-corrected chi connectivity index (χ4v) is 2.25. The molecule has 4 heteroatoms. The summed E-state index contributed by atoms with van der Waals surface area (Å²) in [4.78, 5) is 10.9. The van der Waals surface area contributed by atoms with E-state index in [0.717, 1.165) is 16.3 Å². The summed E-state index contributed by atoms with van der Waals surface area (Å²) in [6.07, 6.45) is -0.260. The third-order valence-corrected chi connectivity index (χ3v) is 2.95. The van der Waals surface area contributed by atoms with Crippen molar-refractivity contribution in [1.82, 2.24) is 0 Å². The highest BCUT2D eigenvalue weighted by molar-refractivity contribution is 5.87. The number of aromatic hydroxyl groups is 1. The molecule has 2 rings (SSSR count). The van der Waals surface area contributed by atoms with Gasteiger partial charge in [-0.25, -0.2) is 4.79 Å². The summed E-state index contributed by atoms with van der Waals surface area (Å²) in [5.41, 5.74) is 5.38. The van der Waals surface area contributed by atoms with Crippen molar-refractivity contribution in [3.05, 3.63) is 42.0 Å². The first-order valence-electron chi connectivity index (χ1n) is 6.06. The van der Waals surface area contributed by atoms with Gasteiger partial charge in [0.15, 0.2) is 0 Å². The summed E-state index contributed by atoms with van der Waals surface area (Å²) in [7, 11) is 0. The number of fused-ring (bicyclic) bond motifs is 1. The van der Waals surface area contributed by atoms with Crippen LogP contribution in [0.25, 0.3) is 10.8 Å². The number of benzene rings is 2. The van der Waals surface area contributed by atoms with Crippen LogP contribution < -0.4 is 5.73 Å². The molecule has 0 fully saturated rings. The van der Waals surface area contributed by atoms with Gasteiger partial charge in [0.2, 0.25) is 0 Å². The lowest BCUT2D eigenvalue weighted by Gasteiger charge is -2.24. The Kier molecular flexibility index (Phi) is 3.34. The molecule has 3 N–H and O–H groups in total. The predicted molar refractivity (Wildman–Crippen MR) is 74.1 cm³/mol. The normalized spacial score (nSPS) is 11.5. The highest BCUT2D eigenvalue weighted by Crippen LogP contribution is 2.27. The van der Waals surface area contributed by atoms with Crippen molar-refractivity contribution in [1.29, 1.82) is 0 Å². The van der Waals surface area contributed by atoms with Gasteiger partial charge in [-0.1, -0.05) is 24.3 Å². The Morgan fingerprint density at radius 2 is 2.05 bits per heavy atom. The number of nitrogens with two attached hydrogens (primary N) is 1. The molecule has 0 unspecified atom stereocenters. The Hall–Kier alpha value is -2.23. The molecule has 0 aliphatic rings. The number of carbonyl (C=O) groups is 1. The monoisotopic (exact) mass is 259 g/mol. The molecule has 0 aliphatic carbocycles. The number of ether oxygens (including phenoxy) is 1. The molecule has 2 aromatic carbocycles. The molecule has 0 bridgehead atoms. The second-order valence-corrected chi connectivity index (χ2v) is 5.18. The maximum atomic E-state index is 10.9. The Morgan fingerprint density at radius 1 is 1.32 bits per heavy atom. The minimum atomic E-state index is -0.784. The zero-order valence-electron chi connectivity index (χ0n) is 11.0. The van der Waals surface area contributed by atoms with E-state index < -0.39 is 11.7 Å². The number of primary amides is 1. The van der Waals surface area contributed by atoms with Crippen LogP contribution in [-0.2, 0) is 11.2 Å². The highest BCUT2D eigenvalue weighted by atomic mass is 16.6. The second-order valence-electron chi connectivity index (χ2n) is 5.18. The largest absolute Gasteiger partial charge is 0.508 e. The standard InChI is InChI=1S/C15H17NO3/c1-15(2,19-14(16)18)9-11-5-3-4-10-6-7-12(17)8-13(10)11/h3-8,17H,9H2,1-2H3,(H2,16,18). The van der Waals surface area contributed by atoms with E-state index >= 15 is 0 Å². The molecule has 0 aromatic heterocycles. The minimum Gasteiger partial charge on any atom is -0.508 e. The van der Waals surface area contributed by atoms with Gasteiger partial charge >= 0.3 is 6.09 Å². The summed E-state index contributed by atoms with van der Waals surface area (Å²) in [6, 6.07) is 11.1. The Bertz CT molecular complexity index is 620. The van der Waals surface area contributed by atoms with E-state index in [0.29, 0.717) is 6.42 Å². The molecule has 19 heavy (non-hydrogen) atoms. The molecule has 2 aromatic rings. The first-order valence-corrected chi connectivity index (χ1v) is 6.06. The Labute approximate surface area is 111 Å². The molecule has 0 spiro atoms. The summed E-state index contributed by atoms with van der Waals surface area (Å²) in [6.45, 7) is 3.61. The van der Waals surface area contributed by atoms with Gasteiger partial charge in [0.25, 0.3) is 0 Å². The van der Waals surface area contributed by atoms with Crippen LogP contribution >= 0.6 is 0 Å². The van der Waals surface area contributed by atoms with Crippen LogP contribution in [0.2, 0.25) is 0 Å². The maximum Gasteiger partial charge on any atom is 0.405 e. The topological polar surface area (TPSA) is 72.6 Å². The summed E-state index contributed by atoms with van der Waals surface area (Å²) in [5.74, 6) is 0.216. The van der Waals surface area contributed by atoms with E-state index in [4.69, 9.17) is 10.5 Å². The van der Waals surface area contributed by atoms with Gasteiger partial charge < -0.3 is 15.6 Å². The molecule has 0 heterocycles. The van der Waals surface area contributed by atoms with Crippen LogP contribution in [-0.4, -0.2) is 16.8 Å². The van der Waals surface area contributed by atoms with E-state index in [-0.39, 0.29) is 5.75 Å². The lowest BCUT2D eigenvalue weighted by atomic mass is 9.94. The molecule has 100 valence electrons. The average molecular weight is 259 g/mol. The number of rotatable bonds is 3. The first-order chi connectivity index (χ1) is 8.87. The highest BCUT2D eigenvalue weighted by Gasteiger charge is 2.23. The molecule has 1 amide bonds. The van der Waals surface area contributed by atoms with Crippen molar-refractivity contribution in [2.24, 2.45) is 5.73 Å². The van der Waals surface area contributed by atoms with Gasteiger partial charge in [0.05, 0.1) is 0 Å². The number of hydrogen-bond acceptors (Lipinski definition) is 3. The third-order valence-electron chi connectivity index (χ3n) is 2.95. The van der Waals surface area contributed by atoms with Crippen molar-refractivity contribution >= 4 is 16.9 Å². The fourth-order valence-electron chi connectivity index (χ4n) is 2.25. The van der Waals surface area contributed by atoms with Gasteiger partial charge in [0.1, 0.15) is 11.4 Å². The van der Waals surface area contributed by atoms with Gasteiger partial charge in [-0.15, -0.1) is 0 Å². The SMILES string of the molecule is CC(C)(Cc1cccc2ccc(O)cc12)OC(N)=O. The Balaban J connectivity index is 2.40. The van der Waals surface area contributed by atoms with Crippen molar-refractivity contribution in [3.8, 4) is 5.75 Å². The van der Waals surface area contributed by atoms with Crippen LogP contribution in [0.5, 0.6) is 5.75 Å². The maximum absolute atomic E-state index is 10.9. The van der Waals surface area contributed by atoms with Crippen LogP contribution in [0.4, 0.5) is 4.79 Å². The molecular weight excluding hydrogens is 242 g/mol. The quantitative estimate of drug-likeness (QED) is 0.890. The zero-order valence-corrected chi connectivity index (χ0v) is 11.0. The molecule has 0 atom stereocenters. The van der Waals surface area contributed by atoms with E-state index in [1.807, 2.05) is 24.3 Å². The van der Waals surface area contributed by atoms with Crippen molar-refractivity contribution in [2.45, 2.75) is 25.9 Å². The lowest BCUT2D eigenvalue weighted by Crippen LogP contribution is -2.33. The summed E-state index contributed by atoms with van der Waals surface area (Å²) < 4.78 is 5.10. The van der Waals surface area contributed by atoms with Crippen LogP contribution in [0.15, 0.2) is 36.4 Å². The number of phenolic OH excluding ortho intramolecular Hbond substituents is 1. The number of phenols is 1. The van der Waals surface area contributed by atoms with Crippen molar-refractivity contribution in [3.63, 3.8) is 0 Å². The van der Waals surface area contributed by atoms with E-state index in [2.05, 4.69) is 0 Å². The summed E-state index contributed by atoms with van der Waals surface area (Å²) in [5, 5.41) is 11.6. The Morgan fingerprint density at radius 3 is 2.74 bits per heavy atom. The van der Waals surface area contributed by atoms with Gasteiger partial charge in [-0.05, 0) is 42.3 Å². The van der Waals surface area contributed by atoms with E-state index in [1.54, 1.807) is 26.0 Å². The number of hydrogen-bond donors (Lipinski definition) is 2. The second kappa shape index (κ2) is 4.80. The predicted octanol–water partition coefficient (Wildman–Crippen LogP) is 2.96. The van der Waals surface area contributed by atoms with Gasteiger partial charge in [-0.2, -0.15) is 0 Å². The van der Waals surface area contributed by atoms with E-state index in [1.165, 1.54) is 0 Å². The van der Waals surface area contributed by atoms with Crippen LogP contribution in [0.1, 0.15) is 19.4 Å². The average Bonchev–Trinajstić information content (AvgIpc) is 2.27. The third kappa shape index (κ3) is 3.16. The number of carbonyl (C=O) groups excluding carboxylic acids is 1. The van der Waals surface area contributed by atoms with Crippen molar-refractivity contribution in [2.75, 3.05) is 0 Å². The molecule has 0 saturated heterocycles. The lowest BCUT2D eigenvalue weighted by molar-refractivity contribution is 0.0462. The van der Waals surface area contributed by atoms with E-state index in [9.17, 15) is 9.90 Å². The first kappa shape index (κ1) is 13.2. The fraction of sp³-hybridized carbons (Fsp3) is 0.267.